The van der Waals surface area contributed by atoms with Gasteiger partial charge >= 0.3 is 0 Å². The fourth-order valence-corrected chi connectivity index (χ4v) is 4.60. The van der Waals surface area contributed by atoms with Crippen molar-refractivity contribution in [2.75, 3.05) is 19.4 Å². The summed E-state index contributed by atoms with van der Waals surface area (Å²) in [6.07, 6.45) is 4.52. The van der Waals surface area contributed by atoms with Crippen LogP contribution in [0.4, 0.5) is 0 Å². The predicted octanol–water partition coefficient (Wildman–Crippen LogP) is 0.959. The maximum absolute atomic E-state index is 12.3. The third-order valence-corrected chi connectivity index (χ3v) is 6.33. The molecule has 0 spiro atoms. The molecule has 1 aromatic carbocycles. The maximum Gasteiger partial charge on any atom is 0.225 e. The van der Waals surface area contributed by atoms with Crippen molar-refractivity contribution in [3.05, 3.63) is 24.3 Å². The van der Waals surface area contributed by atoms with E-state index in [2.05, 4.69) is 5.32 Å². The van der Waals surface area contributed by atoms with Crippen LogP contribution >= 0.6 is 0 Å². The number of benzene rings is 1. The van der Waals surface area contributed by atoms with E-state index in [9.17, 15) is 13.2 Å². The molecule has 2 saturated carbocycles. The quantitative estimate of drug-likeness (QED) is 0.743. The van der Waals surface area contributed by atoms with Crippen LogP contribution in [0, 0.1) is 17.8 Å². The van der Waals surface area contributed by atoms with Crippen LogP contribution in [-0.2, 0) is 14.6 Å². The molecule has 1 aromatic rings. The standard InChI is InChI=1S/C17H24N2O4S/c1-24(21,22)14-6-4-13(5-7-14)23-9-8-19-17(20)15-11-2-3-12(10-11)16(15)18/h4-7,11-12,15-16H,2-3,8-10,18H2,1H3,(H,19,20). The molecule has 2 aliphatic rings. The van der Waals surface area contributed by atoms with Gasteiger partial charge in [-0.15, -0.1) is 0 Å². The highest BCUT2D eigenvalue weighted by atomic mass is 32.2. The van der Waals surface area contributed by atoms with E-state index >= 15 is 0 Å². The molecule has 0 aliphatic heterocycles. The minimum absolute atomic E-state index is 0.00629. The van der Waals surface area contributed by atoms with Crippen LogP contribution < -0.4 is 15.8 Å². The Labute approximate surface area is 142 Å². The van der Waals surface area contributed by atoms with Gasteiger partial charge in [-0.25, -0.2) is 8.42 Å². The van der Waals surface area contributed by atoms with Gasteiger partial charge in [-0.1, -0.05) is 0 Å². The lowest BCUT2D eigenvalue weighted by atomic mass is 9.84. The first-order valence-electron chi connectivity index (χ1n) is 8.32. The number of nitrogens with one attached hydrogen (secondary N) is 1. The van der Waals surface area contributed by atoms with Gasteiger partial charge in [0.25, 0.3) is 0 Å². The van der Waals surface area contributed by atoms with E-state index in [0.717, 1.165) is 19.3 Å². The number of amides is 1. The van der Waals surface area contributed by atoms with Crippen LogP contribution in [0.1, 0.15) is 19.3 Å². The second-order valence-electron chi connectivity index (χ2n) is 6.82. The number of fused-ring (bicyclic) bond motifs is 2. The van der Waals surface area contributed by atoms with Crippen LogP contribution in [0.5, 0.6) is 5.75 Å². The Morgan fingerprint density at radius 1 is 1.25 bits per heavy atom. The molecule has 0 heterocycles. The summed E-state index contributed by atoms with van der Waals surface area (Å²) < 4.78 is 28.3. The zero-order chi connectivity index (χ0) is 17.3. The Hall–Kier alpha value is -1.60. The van der Waals surface area contributed by atoms with Gasteiger partial charge in [-0.3, -0.25) is 4.79 Å². The van der Waals surface area contributed by atoms with Crippen LogP contribution in [0.3, 0.4) is 0 Å². The van der Waals surface area contributed by atoms with E-state index in [4.69, 9.17) is 10.5 Å². The highest BCUT2D eigenvalue weighted by Crippen LogP contribution is 2.47. The van der Waals surface area contributed by atoms with Crippen LogP contribution in [-0.4, -0.2) is 39.8 Å². The molecule has 132 valence electrons. The molecule has 2 aliphatic carbocycles. The van der Waals surface area contributed by atoms with Gasteiger partial charge in [0.1, 0.15) is 12.4 Å². The number of hydrogen-bond donors (Lipinski definition) is 2. The van der Waals surface area contributed by atoms with Gasteiger partial charge in [0.2, 0.25) is 5.91 Å². The molecule has 0 saturated heterocycles. The molecule has 1 amide bonds. The lowest BCUT2D eigenvalue weighted by Crippen LogP contribution is -2.46. The third-order valence-electron chi connectivity index (χ3n) is 5.21. The SMILES string of the molecule is CS(=O)(=O)c1ccc(OCCNC(=O)C2C3CCC(C3)C2N)cc1. The topological polar surface area (TPSA) is 98.5 Å². The van der Waals surface area contributed by atoms with Gasteiger partial charge in [0.15, 0.2) is 9.84 Å². The summed E-state index contributed by atoms with van der Waals surface area (Å²) in [6, 6.07) is 6.25. The van der Waals surface area contributed by atoms with E-state index in [1.54, 1.807) is 12.1 Å². The number of carbonyl (C=O) groups excluding carboxylic acids is 1. The monoisotopic (exact) mass is 352 g/mol. The zero-order valence-corrected chi connectivity index (χ0v) is 14.6. The van der Waals surface area contributed by atoms with Crippen molar-refractivity contribution < 1.29 is 17.9 Å². The van der Waals surface area contributed by atoms with Crippen molar-refractivity contribution in [1.29, 1.82) is 0 Å². The highest BCUT2D eigenvalue weighted by Gasteiger charge is 2.48. The summed E-state index contributed by atoms with van der Waals surface area (Å²) >= 11 is 0. The summed E-state index contributed by atoms with van der Waals surface area (Å²) in [5.74, 6) is 1.50. The fourth-order valence-electron chi connectivity index (χ4n) is 3.97. The fraction of sp³-hybridized carbons (Fsp3) is 0.588. The van der Waals surface area contributed by atoms with Crippen molar-refractivity contribution >= 4 is 15.7 Å². The van der Waals surface area contributed by atoms with E-state index < -0.39 is 9.84 Å². The van der Waals surface area contributed by atoms with Gasteiger partial charge in [-0.05, 0) is 55.4 Å². The number of carbonyl (C=O) groups is 1. The molecule has 4 atom stereocenters. The molecular formula is C17H24N2O4S. The molecule has 4 unspecified atom stereocenters. The van der Waals surface area contributed by atoms with E-state index in [0.29, 0.717) is 30.7 Å². The highest BCUT2D eigenvalue weighted by molar-refractivity contribution is 7.90. The molecule has 0 radical (unpaired) electrons. The van der Waals surface area contributed by atoms with E-state index in [1.165, 1.54) is 18.4 Å². The largest absolute Gasteiger partial charge is 0.492 e. The minimum atomic E-state index is -3.20. The first-order chi connectivity index (χ1) is 11.4. The summed E-state index contributed by atoms with van der Waals surface area (Å²) in [5.41, 5.74) is 6.17. The molecule has 3 N–H and O–H groups in total. The molecule has 3 rings (SSSR count). The Kier molecular flexibility index (Phi) is 4.83. The summed E-state index contributed by atoms with van der Waals surface area (Å²) in [4.78, 5) is 12.6. The lowest BCUT2D eigenvalue weighted by molar-refractivity contribution is -0.127. The Bertz CT molecular complexity index is 700. The summed E-state index contributed by atoms with van der Waals surface area (Å²) in [6.45, 7) is 0.743. The Balaban J connectivity index is 1.43. The minimum Gasteiger partial charge on any atom is -0.492 e. The average Bonchev–Trinajstić information content (AvgIpc) is 3.12. The molecule has 7 heteroatoms. The molecular weight excluding hydrogens is 328 g/mol. The average molecular weight is 352 g/mol. The van der Waals surface area contributed by atoms with Crippen LogP contribution in [0.2, 0.25) is 0 Å². The molecule has 2 fully saturated rings. The zero-order valence-electron chi connectivity index (χ0n) is 13.8. The predicted molar refractivity (Wildman–Crippen MR) is 90.4 cm³/mol. The second kappa shape index (κ2) is 6.72. The van der Waals surface area contributed by atoms with E-state index in [1.807, 2.05) is 0 Å². The van der Waals surface area contributed by atoms with Gasteiger partial charge in [0.05, 0.1) is 17.4 Å². The first kappa shape index (κ1) is 17.2. The van der Waals surface area contributed by atoms with Gasteiger partial charge in [0, 0.05) is 12.3 Å². The van der Waals surface area contributed by atoms with E-state index in [-0.39, 0.29) is 22.8 Å². The molecule has 6 nitrogen and oxygen atoms in total. The van der Waals surface area contributed by atoms with Crippen LogP contribution in [0.15, 0.2) is 29.2 Å². The number of hydrogen-bond acceptors (Lipinski definition) is 5. The smallest absolute Gasteiger partial charge is 0.225 e. The maximum atomic E-state index is 12.3. The summed E-state index contributed by atoms with van der Waals surface area (Å²) in [5, 5.41) is 2.91. The third kappa shape index (κ3) is 3.57. The van der Waals surface area contributed by atoms with Crippen molar-refractivity contribution in [2.24, 2.45) is 23.5 Å². The van der Waals surface area contributed by atoms with Crippen molar-refractivity contribution in [3.8, 4) is 5.75 Å². The number of rotatable bonds is 6. The van der Waals surface area contributed by atoms with Crippen LogP contribution in [0.25, 0.3) is 0 Å². The summed E-state index contributed by atoms with van der Waals surface area (Å²) in [7, 11) is -3.20. The molecule has 24 heavy (non-hydrogen) atoms. The number of nitrogens with two attached hydrogens (primary N) is 1. The lowest BCUT2D eigenvalue weighted by Gasteiger charge is -2.27. The Morgan fingerprint density at radius 2 is 1.92 bits per heavy atom. The van der Waals surface area contributed by atoms with Crippen molar-refractivity contribution in [3.63, 3.8) is 0 Å². The van der Waals surface area contributed by atoms with Crippen molar-refractivity contribution in [2.45, 2.75) is 30.2 Å². The van der Waals surface area contributed by atoms with Gasteiger partial charge in [-0.2, -0.15) is 0 Å². The number of ether oxygens (including phenoxy) is 1. The van der Waals surface area contributed by atoms with Gasteiger partial charge < -0.3 is 15.8 Å². The number of sulfone groups is 1. The van der Waals surface area contributed by atoms with Crippen molar-refractivity contribution in [1.82, 2.24) is 5.32 Å². The Morgan fingerprint density at radius 3 is 2.50 bits per heavy atom. The second-order valence-corrected chi connectivity index (χ2v) is 8.84. The first-order valence-corrected chi connectivity index (χ1v) is 10.2. The molecule has 2 bridgehead atoms. The molecule has 0 aromatic heterocycles. The normalized spacial score (nSPS) is 28.8.